The van der Waals surface area contributed by atoms with Gasteiger partial charge in [0.2, 0.25) is 0 Å². The number of carbonyl (C=O) groups is 1. The van der Waals surface area contributed by atoms with Crippen LogP contribution in [0, 0.1) is 0 Å². The van der Waals surface area contributed by atoms with Crippen molar-refractivity contribution in [3.8, 4) is 0 Å². The van der Waals surface area contributed by atoms with Crippen molar-refractivity contribution in [1.29, 1.82) is 0 Å². The molecule has 1 aromatic heterocycles. The Morgan fingerprint density at radius 1 is 1.35 bits per heavy atom. The summed E-state index contributed by atoms with van der Waals surface area (Å²) in [7, 11) is 0. The van der Waals surface area contributed by atoms with Crippen molar-refractivity contribution < 1.29 is 9.90 Å². The molecular formula is C14H14BrN3O2. The van der Waals surface area contributed by atoms with Gasteiger partial charge in [-0.25, -0.2) is 0 Å². The van der Waals surface area contributed by atoms with Crippen molar-refractivity contribution in [3.63, 3.8) is 0 Å². The number of carbonyl (C=O) groups excluding carboxylic acids is 1. The van der Waals surface area contributed by atoms with Crippen LogP contribution in [0.2, 0.25) is 0 Å². The highest BCUT2D eigenvalue weighted by molar-refractivity contribution is 9.10. The topological polar surface area (TPSA) is 58.4 Å². The summed E-state index contributed by atoms with van der Waals surface area (Å²) in [6.07, 6.45) is 3.28. The molecule has 0 aliphatic carbocycles. The first-order valence-corrected chi connectivity index (χ1v) is 7.15. The van der Waals surface area contributed by atoms with Crippen LogP contribution < -0.4 is 0 Å². The first-order chi connectivity index (χ1) is 9.61. The number of aromatic nitrogens is 2. The summed E-state index contributed by atoms with van der Waals surface area (Å²) in [4.78, 5) is 13.7. The standard InChI is InChI=1S/C14H14BrN3O2/c15-12-5-16-18(7-12)6-10-1-3-11(4-2-10)14(20)17-8-13(19)9-17/h1-5,7,13,19H,6,8-9H2. The number of hydrogen-bond acceptors (Lipinski definition) is 3. The molecule has 6 heteroatoms. The molecule has 2 aromatic rings. The zero-order valence-corrected chi connectivity index (χ0v) is 12.3. The number of benzene rings is 1. The fraction of sp³-hybridized carbons (Fsp3) is 0.286. The minimum absolute atomic E-state index is 0.0244. The third kappa shape index (κ3) is 2.76. The number of rotatable bonds is 3. The van der Waals surface area contributed by atoms with E-state index in [2.05, 4.69) is 21.0 Å². The Hall–Kier alpha value is -1.66. The molecule has 0 unspecified atom stereocenters. The molecule has 1 N–H and O–H groups in total. The fourth-order valence-corrected chi connectivity index (χ4v) is 2.50. The van der Waals surface area contributed by atoms with E-state index >= 15 is 0 Å². The predicted octanol–water partition coefficient (Wildman–Crippen LogP) is 1.51. The summed E-state index contributed by atoms with van der Waals surface area (Å²) in [5, 5.41) is 13.4. The minimum Gasteiger partial charge on any atom is -0.389 e. The van der Waals surface area contributed by atoms with Gasteiger partial charge in [-0.2, -0.15) is 5.10 Å². The van der Waals surface area contributed by atoms with Gasteiger partial charge in [0.05, 0.1) is 23.3 Å². The maximum atomic E-state index is 12.0. The van der Waals surface area contributed by atoms with Crippen molar-refractivity contribution in [3.05, 3.63) is 52.3 Å². The first kappa shape index (κ1) is 13.3. The molecule has 0 saturated carbocycles. The number of likely N-dealkylation sites (tertiary alicyclic amines) is 1. The Kier molecular flexibility index (Phi) is 3.58. The van der Waals surface area contributed by atoms with Crippen LogP contribution in [0.15, 0.2) is 41.1 Å². The highest BCUT2D eigenvalue weighted by Gasteiger charge is 2.29. The predicted molar refractivity (Wildman–Crippen MR) is 77.4 cm³/mol. The van der Waals surface area contributed by atoms with Crippen molar-refractivity contribution in [2.24, 2.45) is 0 Å². The van der Waals surface area contributed by atoms with E-state index in [1.165, 1.54) is 0 Å². The summed E-state index contributed by atoms with van der Waals surface area (Å²) in [5.74, 6) is -0.0244. The summed E-state index contributed by atoms with van der Waals surface area (Å²) in [6.45, 7) is 1.53. The van der Waals surface area contributed by atoms with Crippen LogP contribution >= 0.6 is 15.9 Å². The molecule has 104 valence electrons. The monoisotopic (exact) mass is 335 g/mol. The van der Waals surface area contributed by atoms with E-state index in [-0.39, 0.29) is 12.0 Å². The molecular weight excluding hydrogens is 322 g/mol. The lowest BCUT2D eigenvalue weighted by atomic mass is 10.1. The molecule has 0 atom stereocenters. The zero-order valence-electron chi connectivity index (χ0n) is 10.7. The SMILES string of the molecule is O=C(c1ccc(Cn2cc(Br)cn2)cc1)N1CC(O)C1. The van der Waals surface area contributed by atoms with Crippen LogP contribution in [0.3, 0.4) is 0 Å². The third-order valence-corrected chi connectivity index (χ3v) is 3.71. The number of halogens is 1. The van der Waals surface area contributed by atoms with Gasteiger partial charge in [0, 0.05) is 24.8 Å². The highest BCUT2D eigenvalue weighted by atomic mass is 79.9. The van der Waals surface area contributed by atoms with E-state index in [0.717, 1.165) is 10.0 Å². The molecule has 1 fully saturated rings. The Balaban J connectivity index is 1.66. The quantitative estimate of drug-likeness (QED) is 0.924. The maximum absolute atomic E-state index is 12.0. The van der Waals surface area contributed by atoms with Gasteiger partial charge in [0.25, 0.3) is 5.91 Å². The second-order valence-corrected chi connectivity index (χ2v) is 5.83. The molecule has 1 saturated heterocycles. The van der Waals surface area contributed by atoms with Gasteiger partial charge in [-0.05, 0) is 33.6 Å². The van der Waals surface area contributed by atoms with Crippen LogP contribution in [0.5, 0.6) is 0 Å². The normalized spacial score (nSPS) is 15.2. The second kappa shape index (κ2) is 5.38. The first-order valence-electron chi connectivity index (χ1n) is 6.36. The zero-order chi connectivity index (χ0) is 14.1. The smallest absolute Gasteiger partial charge is 0.254 e. The lowest BCUT2D eigenvalue weighted by Gasteiger charge is -2.35. The second-order valence-electron chi connectivity index (χ2n) is 4.92. The Morgan fingerprint density at radius 2 is 2.05 bits per heavy atom. The van der Waals surface area contributed by atoms with E-state index in [9.17, 15) is 9.90 Å². The lowest BCUT2D eigenvalue weighted by molar-refractivity contribution is 0.00589. The summed E-state index contributed by atoms with van der Waals surface area (Å²) < 4.78 is 2.77. The summed E-state index contributed by atoms with van der Waals surface area (Å²) in [5.41, 5.74) is 1.74. The number of hydrogen-bond donors (Lipinski definition) is 1. The van der Waals surface area contributed by atoms with Crippen LogP contribution in [-0.4, -0.2) is 44.9 Å². The van der Waals surface area contributed by atoms with Crippen LogP contribution in [-0.2, 0) is 6.54 Å². The maximum Gasteiger partial charge on any atom is 0.254 e. The molecule has 0 radical (unpaired) electrons. The Labute approximate surface area is 124 Å². The average molecular weight is 336 g/mol. The Morgan fingerprint density at radius 3 is 2.60 bits per heavy atom. The molecule has 1 aliphatic heterocycles. The molecule has 0 bridgehead atoms. The summed E-state index contributed by atoms with van der Waals surface area (Å²) >= 11 is 3.36. The van der Waals surface area contributed by atoms with Gasteiger partial charge in [0.1, 0.15) is 0 Å². The van der Waals surface area contributed by atoms with Gasteiger partial charge in [-0.3, -0.25) is 9.48 Å². The van der Waals surface area contributed by atoms with Gasteiger partial charge in [-0.1, -0.05) is 12.1 Å². The van der Waals surface area contributed by atoms with Gasteiger partial charge in [0.15, 0.2) is 0 Å². The van der Waals surface area contributed by atoms with Crippen molar-refractivity contribution in [2.75, 3.05) is 13.1 Å². The van der Waals surface area contributed by atoms with E-state index in [0.29, 0.717) is 25.2 Å². The molecule has 20 heavy (non-hydrogen) atoms. The van der Waals surface area contributed by atoms with E-state index in [1.807, 2.05) is 35.1 Å². The van der Waals surface area contributed by atoms with E-state index in [1.54, 1.807) is 11.1 Å². The summed E-state index contributed by atoms with van der Waals surface area (Å²) in [6, 6.07) is 7.50. The molecule has 3 rings (SSSR count). The molecule has 2 heterocycles. The van der Waals surface area contributed by atoms with Crippen LogP contribution in [0.1, 0.15) is 15.9 Å². The highest BCUT2D eigenvalue weighted by Crippen LogP contribution is 2.15. The Bertz CT molecular complexity index is 618. The van der Waals surface area contributed by atoms with Crippen LogP contribution in [0.4, 0.5) is 0 Å². The van der Waals surface area contributed by atoms with E-state index in [4.69, 9.17) is 0 Å². The van der Waals surface area contributed by atoms with Crippen molar-refractivity contribution in [2.45, 2.75) is 12.6 Å². The van der Waals surface area contributed by atoms with Gasteiger partial charge < -0.3 is 10.0 Å². The third-order valence-electron chi connectivity index (χ3n) is 3.30. The number of amides is 1. The minimum atomic E-state index is -0.364. The van der Waals surface area contributed by atoms with Gasteiger partial charge >= 0.3 is 0 Å². The largest absolute Gasteiger partial charge is 0.389 e. The fourth-order valence-electron chi connectivity index (χ4n) is 2.17. The number of nitrogens with zero attached hydrogens (tertiary/aromatic N) is 3. The number of aliphatic hydroxyl groups is 1. The molecule has 1 aliphatic rings. The number of aliphatic hydroxyl groups excluding tert-OH is 1. The van der Waals surface area contributed by atoms with Crippen molar-refractivity contribution in [1.82, 2.24) is 14.7 Å². The molecule has 5 nitrogen and oxygen atoms in total. The number of β-amino-alcohol motifs (C(OH)–C–C–N with tert-alkyl or cyclic N) is 1. The van der Waals surface area contributed by atoms with Crippen LogP contribution in [0.25, 0.3) is 0 Å². The molecule has 1 amide bonds. The molecule has 0 spiro atoms. The van der Waals surface area contributed by atoms with Gasteiger partial charge in [-0.15, -0.1) is 0 Å². The molecule has 1 aromatic carbocycles. The van der Waals surface area contributed by atoms with Crippen molar-refractivity contribution >= 4 is 21.8 Å². The average Bonchev–Trinajstić information content (AvgIpc) is 2.81. The lowest BCUT2D eigenvalue weighted by Crippen LogP contribution is -2.53. The van der Waals surface area contributed by atoms with E-state index < -0.39 is 0 Å².